The molecule has 0 saturated carbocycles. The van der Waals surface area contributed by atoms with Gasteiger partial charge < -0.3 is 24.1 Å². The summed E-state index contributed by atoms with van der Waals surface area (Å²) in [5, 5.41) is 9.86. The fraction of sp³-hybridized carbons (Fsp3) is 0.742. The van der Waals surface area contributed by atoms with Crippen LogP contribution in [0.4, 0.5) is 0 Å². The number of hydrogen-bond acceptors (Lipinski definition) is 9. The minimum atomic E-state index is -1.09. The Bertz CT molecular complexity index is 670. The summed E-state index contributed by atoms with van der Waals surface area (Å²) >= 11 is 0. The number of esters is 4. The van der Waals surface area contributed by atoms with Crippen molar-refractivity contribution in [2.24, 2.45) is 0 Å². The van der Waals surface area contributed by atoms with Gasteiger partial charge in [0.25, 0.3) is 0 Å². The number of carbonyl (C=O) groups is 4. The number of aliphatic hydroxyl groups excluding tert-OH is 1. The molecule has 0 saturated heterocycles. The molecule has 9 nitrogen and oxygen atoms in total. The summed E-state index contributed by atoms with van der Waals surface area (Å²) in [6.07, 6.45) is 19.0. The Morgan fingerprint density at radius 1 is 0.575 bits per heavy atom. The monoisotopic (exact) mass is 568 g/mol. The minimum absolute atomic E-state index is 0.129. The highest BCUT2D eigenvalue weighted by Crippen LogP contribution is 2.08. The van der Waals surface area contributed by atoms with Gasteiger partial charge in [0.05, 0.1) is 13.2 Å². The Hall–Kier alpha value is -2.68. The van der Waals surface area contributed by atoms with E-state index in [1.165, 1.54) is 12.2 Å². The van der Waals surface area contributed by atoms with Crippen molar-refractivity contribution in [3.63, 3.8) is 0 Å². The van der Waals surface area contributed by atoms with E-state index < -0.39 is 18.0 Å². The third-order valence-electron chi connectivity index (χ3n) is 5.81. The van der Waals surface area contributed by atoms with Gasteiger partial charge >= 0.3 is 23.9 Å². The molecule has 0 aromatic carbocycles. The van der Waals surface area contributed by atoms with Crippen LogP contribution in [-0.4, -0.2) is 61.5 Å². The molecular weight excluding hydrogens is 516 g/mol. The summed E-state index contributed by atoms with van der Waals surface area (Å²) in [4.78, 5) is 46.0. The normalized spacial score (nSPS) is 11.3. The maximum absolute atomic E-state index is 11.7. The van der Waals surface area contributed by atoms with E-state index in [-0.39, 0.29) is 25.2 Å². The third-order valence-corrected chi connectivity index (χ3v) is 5.81. The summed E-state index contributed by atoms with van der Waals surface area (Å²) < 4.78 is 20.2. The third kappa shape index (κ3) is 26.9. The summed E-state index contributed by atoms with van der Waals surface area (Å²) in [7, 11) is 0. The van der Waals surface area contributed by atoms with Gasteiger partial charge in [-0.25, -0.2) is 9.59 Å². The first-order valence-corrected chi connectivity index (χ1v) is 15.0. The van der Waals surface area contributed by atoms with Crippen molar-refractivity contribution in [3.8, 4) is 0 Å². The maximum atomic E-state index is 11.7. The first-order valence-electron chi connectivity index (χ1n) is 15.0. The molecule has 0 amide bonds. The molecule has 1 N–H and O–H groups in total. The molecule has 0 aliphatic carbocycles. The number of allylic oxidation sites excluding steroid dienone is 2. The van der Waals surface area contributed by atoms with Gasteiger partial charge in [-0.3, -0.25) is 9.59 Å². The average Bonchev–Trinajstić information content (AvgIpc) is 2.93. The SMILES string of the molecule is CCCC(=O)OCCCCCCC/C=C/C(=O)OCC(O)COC(=O)/C=C/CCCCCCCOC(=O)CCC. The van der Waals surface area contributed by atoms with Crippen LogP contribution in [0.5, 0.6) is 0 Å². The van der Waals surface area contributed by atoms with Gasteiger partial charge in [0.2, 0.25) is 0 Å². The van der Waals surface area contributed by atoms with Crippen LogP contribution in [0.3, 0.4) is 0 Å². The molecule has 9 heteroatoms. The zero-order chi connectivity index (χ0) is 29.7. The lowest BCUT2D eigenvalue weighted by atomic mass is 10.1. The number of unbranched alkanes of at least 4 members (excludes halogenated alkanes) is 10. The lowest BCUT2D eigenvalue weighted by molar-refractivity contribution is -0.146. The molecule has 0 heterocycles. The number of aliphatic hydroxyl groups is 1. The molecule has 0 aromatic heterocycles. The first kappa shape index (κ1) is 37.3. The van der Waals surface area contributed by atoms with Gasteiger partial charge in [-0.1, -0.05) is 64.5 Å². The second-order valence-electron chi connectivity index (χ2n) is 9.77. The zero-order valence-corrected chi connectivity index (χ0v) is 24.7. The summed E-state index contributed by atoms with van der Waals surface area (Å²) in [6.45, 7) is 4.36. The highest BCUT2D eigenvalue weighted by Gasteiger charge is 2.09. The lowest BCUT2D eigenvalue weighted by Crippen LogP contribution is -2.24. The van der Waals surface area contributed by atoms with Crippen molar-refractivity contribution < 1.29 is 43.2 Å². The number of hydrogen-bond donors (Lipinski definition) is 1. The van der Waals surface area contributed by atoms with E-state index in [1.807, 2.05) is 13.8 Å². The molecule has 0 spiro atoms. The predicted octanol–water partition coefficient (Wildman–Crippen LogP) is 5.91. The van der Waals surface area contributed by atoms with Crippen LogP contribution in [0.1, 0.15) is 117 Å². The maximum Gasteiger partial charge on any atom is 0.330 e. The lowest BCUT2D eigenvalue weighted by Gasteiger charge is -2.10. The van der Waals surface area contributed by atoms with Gasteiger partial charge in [0.15, 0.2) is 0 Å². The van der Waals surface area contributed by atoms with E-state index >= 15 is 0 Å². The average molecular weight is 569 g/mol. The molecule has 40 heavy (non-hydrogen) atoms. The number of carbonyl (C=O) groups excluding carboxylic acids is 4. The van der Waals surface area contributed by atoms with Crippen molar-refractivity contribution >= 4 is 23.9 Å². The van der Waals surface area contributed by atoms with E-state index in [0.717, 1.165) is 89.9 Å². The fourth-order valence-electron chi connectivity index (χ4n) is 3.57. The standard InChI is InChI=1S/C31H52O9/c1-3-19-28(33)37-23-17-13-9-5-7-11-15-21-30(35)39-25-27(32)26-40-31(36)22-16-12-8-6-10-14-18-24-38-29(34)20-4-2/h15-16,21-22,27,32H,3-14,17-20,23-26H2,1-2H3/b21-15+,22-16+. The van der Waals surface area contributed by atoms with Crippen molar-refractivity contribution in [2.75, 3.05) is 26.4 Å². The van der Waals surface area contributed by atoms with Crippen LogP contribution in [0, 0.1) is 0 Å². The van der Waals surface area contributed by atoms with E-state index in [1.54, 1.807) is 12.2 Å². The highest BCUT2D eigenvalue weighted by molar-refractivity contribution is 5.82. The molecule has 0 bridgehead atoms. The van der Waals surface area contributed by atoms with Crippen molar-refractivity contribution in [1.82, 2.24) is 0 Å². The van der Waals surface area contributed by atoms with Crippen molar-refractivity contribution in [1.29, 1.82) is 0 Å². The molecule has 0 unspecified atom stereocenters. The quantitative estimate of drug-likeness (QED) is 0.0586. The Morgan fingerprint density at radius 3 is 1.35 bits per heavy atom. The van der Waals surface area contributed by atoms with Gasteiger partial charge in [-0.15, -0.1) is 0 Å². The van der Waals surface area contributed by atoms with E-state index in [9.17, 15) is 24.3 Å². The Labute approximate surface area is 240 Å². The van der Waals surface area contributed by atoms with Crippen LogP contribution >= 0.6 is 0 Å². The Balaban J connectivity index is 3.62. The van der Waals surface area contributed by atoms with E-state index in [2.05, 4.69) is 0 Å². The van der Waals surface area contributed by atoms with Crippen molar-refractivity contribution in [3.05, 3.63) is 24.3 Å². The van der Waals surface area contributed by atoms with E-state index in [4.69, 9.17) is 18.9 Å². The zero-order valence-electron chi connectivity index (χ0n) is 24.7. The number of rotatable bonds is 26. The molecular formula is C31H52O9. The van der Waals surface area contributed by atoms with Gasteiger partial charge in [0.1, 0.15) is 19.3 Å². The summed E-state index contributed by atoms with van der Waals surface area (Å²) in [5.74, 6) is -1.35. The molecule has 0 fully saturated rings. The largest absolute Gasteiger partial charge is 0.466 e. The van der Waals surface area contributed by atoms with Crippen LogP contribution in [-0.2, 0) is 38.1 Å². The van der Waals surface area contributed by atoms with E-state index in [0.29, 0.717) is 26.1 Å². The second-order valence-corrected chi connectivity index (χ2v) is 9.77. The molecule has 0 atom stereocenters. The Kier molecular flexibility index (Phi) is 26.0. The molecule has 230 valence electrons. The van der Waals surface area contributed by atoms with Crippen LogP contribution in [0.25, 0.3) is 0 Å². The minimum Gasteiger partial charge on any atom is -0.466 e. The summed E-state index contributed by atoms with van der Waals surface area (Å²) in [6, 6.07) is 0. The molecule has 0 rings (SSSR count). The van der Waals surface area contributed by atoms with Gasteiger partial charge in [0, 0.05) is 25.0 Å². The highest BCUT2D eigenvalue weighted by atomic mass is 16.6. The molecule has 0 aromatic rings. The number of ether oxygens (including phenoxy) is 4. The van der Waals surface area contributed by atoms with Crippen LogP contribution in [0.15, 0.2) is 24.3 Å². The first-order chi connectivity index (χ1) is 19.4. The van der Waals surface area contributed by atoms with Crippen molar-refractivity contribution in [2.45, 2.75) is 123 Å². The molecule has 0 aliphatic rings. The smallest absolute Gasteiger partial charge is 0.330 e. The molecule has 0 radical (unpaired) electrons. The summed E-state index contributed by atoms with van der Waals surface area (Å²) in [5.41, 5.74) is 0. The van der Waals surface area contributed by atoms with Crippen LogP contribution in [0.2, 0.25) is 0 Å². The van der Waals surface area contributed by atoms with Gasteiger partial charge in [-0.05, 0) is 51.4 Å². The fourth-order valence-corrected chi connectivity index (χ4v) is 3.57. The van der Waals surface area contributed by atoms with Crippen LogP contribution < -0.4 is 0 Å². The second kappa shape index (κ2) is 27.9. The van der Waals surface area contributed by atoms with Gasteiger partial charge in [-0.2, -0.15) is 0 Å². The predicted molar refractivity (Wildman–Crippen MR) is 153 cm³/mol. The Morgan fingerprint density at radius 2 is 0.950 bits per heavy atom. The topological polar surface area (TPSA) is 125 Å². The molecule has 0 aliphatic heterocycles.